The molecule has 1 aromatic carbocycles. The number of hydrogen-bond acceptors (Lipinski definition) is 6. The summed E-state index contributed by atoms with van der Waals surface area (Å²) in [5.41, 5.74) is 2.77. The number of nitrogens with zero attached hydrogens (tertiary/aromatic N) is 2. The molecule has 28 heavy (non-hydrogen) atoms. The molecule has 1 saturated heterocycles. The van der Waals surface area contributed by atoms with Crippen molar-refractivity contribution in [2.45, 2.75) is 25.4 Å². The average molecular weight is 384 g/mol. The highest BCUT2D eigenvalue weighted by Gasteiger charge is 2.34. The fourth-order valence-electron chi connectivity index (χ4n) is 3.88. The second-order valence-electron chi connectivity index (χ2n) is 7.17. The summed E-state index contributed by atoms with van der Waals surface area (Å²) in [4.78, 5) is 33.7. The fourth-order valence-corrected chi connectivity index (χ4v) is 3.88. The predicted molar refractivity (Wildman–Crippen MR) is 97.3 cm³/mol. The summed E-state index contributed by atoms with van der Waals surface area (Å²) in [6, 6.07) is 5.32. The van der Waals surface area contributed by atoms with Crippen molar-refractivity contribution >= 4 is 17.7 Å². The van der Waals surface area contributed by atoms with Gasteiger partial charge in [-0.15, -0.1) is 0 Å². The molecule has 2 aromatic rings. The maximum atomic E-state index is 12.5. The van der Waals surface area contributed by atoms with E-state index < -0.39 is 12.2 Å². The molecule has 2 N–H and O–H groups in total. The number of H-pyrrole nitrogens is 1. The Kier molecular flexibility index (Phi) is 4.07. The van der Waals surface area contributed by atoms with Gasteiger partial charge in [0.15, 0.2) is 11.5 Å². The zero-order valence-corrected chi connectivity index (χ0v) is 15.1. The number of rotatable bonds is 4. The fraction of sp³-hybridized carbons (Fsp3) is 0.421. The van der Waals surface area contributed by atoms with E-state index in [1.165, 1.54) is 4.90 Å². The number of aromatic nitrogens is 2. The third-order valence-corrected chi connectivity index (χ3v) is 5.40. The zero-order chi connectivity index (χ0) is 19.1. The number of amides is 2. The molecule has 3 heterocycles. The van der Waals surface area contributed by atoms with Crippen LogP contribution in [0.4, 0.5) is 10.5 Å². The topological polar surface area (TPSA) is 106 Å². The number of cyclic esters (lactones) is 1. The molecule has 0 spiro atoms. The van der Waals surface area contributed by atoms with Gasteiger partial charge in [-0.25, -0.2) is 9.78 Å². The summed E-state index contributed by atoms with van der Waals surface area (Å²) in [5.74, 6) is 1.17. The first kappa shape index (κ1) is 16.9. The van der Waals surface area contributed by atoms with Gasteiger partial charge in [-0.3, -0.25) is 9.69 Å². The summed E-state index contributed by atoms with van der Waals surface area (Å²) in [6.07, 6.45) is 3.08. The van der Waals surface area contributed by atoms with Crippen LogP contribution in [0.1, 0.15) is 17.8 Å². The minimum absolute atomic E-state index is 0.0159. The van der Waals surface area contributed by atoms with Gasteiger partial charge in [0.1, 0.15) is 6.10 Å². The van der Waals surface area contributed by atoms with Gasteiger partial charge in [0.05, 0.1) is 30.8 Å². The number of aromatic amines is 1. The number of hydrogen-bond donors (Lipinski definition) is 2. The van der Waals surface area contributed by atoms with Crippen LogP contribution in [0, 0.1) is 5.92 Å². The summed E-state index contributed by atoms with van der Waals surface area (Å²) in [7, 11) is 0. The molecule has 146 valence electrons. The maximum absolute atomic E-state index is 12.5. The van der Waals surface area contributed by atoms with Crippen molar-refractivity contribution in [2.75, 3.05) is 24.8 Å². The molecule has 9 heteroatoms. The number of nitrogens with one attached hydrogen (secondary N) is 2. The molecule has 2 unspecified atom stereocenters. The second-order valence-corrected chi connectivity index (χ2v) is 7.17. The van der Waals surface area contributed by atoms with Crippen LogP contribution in [0.15, 0.2) is 24.5 Å². The van der Waals surface area contributed by atoms with E-state index in [1.807, 2.05) is 0 Å². The average Bonchev–Trinajstić information content (AvgIpc) is 3.44. The first-order valence-corrected chi connectivity index (χ1v) is 9.34. The Balaban J connectivity index is 1.17. The molecule has 0 saturated carbocycles. The molecule has 3 aliphatic rings. The molecule has 2 amide bonds. The van der Waals surface area contributed by atoms with Crippen LogP contribution >= 0.6 is 0 Å². The first-order chi connectivity index (χ1) is 13.7. The number of fused-ring (bicyclic) bond motifs is 2. The van der Waals surface area contributed by atoms with Gasteiger partial charge >= 0.3 is 6.09 Å². The SMILES string of the molecule is O=C(NCC1CN(c2ccc3c(c2)OCO3)C(=O)O1)C1CCc2nc[nH]c2C1. The lowest BCUT2D eigenvalue weighted by molar-refractivity contribution is -0.125. The van der Waals surface area contributed by atoms with Crippen LogP contribution in [0.5, 0.6) is 11.5 Å². The van der Waals surface area contributed by atoms with Crippen LogP contribution in [0.3, 0.4) is 0 Å². The van der Waals surface area contributed by atoms with Crippen molar-refractivity contribution in [3.05, 3.63) is 35.9 Å². The monoisotopic (exact) mass is 384 g/mol. The normalized spacial score (nSPS) is 22.7. The molecule has 0 bridgehead atoms. The van der Waals surface area contributed by atoms with Crippen molar-refractivity contribution in [3.8, 4) is 11.5 Å². The maximum Gasteiger partial charge on any atom is 0.414 e. The van der Waals surface area contributed by atoms with E-state index >= 15 is 0 Å². The smallest absolute Gasteiger partial charge is 0.414 e. The lowest BCUT2D eigenvalue weighted by Crippen LogP contribution is -2.39. The van der Waals surface area contributed by atoms with E-state index in [1.54, 1.807) is 24.5 Å². The Morgan fingerprint density at radius 3 is 3.14 bits per heavy atom. The number of aryl methyl sites for hydroxylation is 1. The number of imidazole rings is 1. The van der Waals surface area contributed by atoms with Crippen molar-refractivity contribution in [2.24, 2.45) is 5.92 Å². The lowest BCUT2D eigenvalue weighted by Gasteiger charge is -2.21. The van der Waals surface area contributed by atoms with Gasteiger partial charge in [-0.05, 0) is 25.0 Å². The molecule has 1 aromatic heterocycles. The quantitative estimate of drug-likeness (QED) is 0.825. The molecule has 5 rings (SSSR count). The number of carbonyl (C=O) groups excluding carboxylic acids is 2. The highest BCUT2D eigenvalue weighted by Crippen LogP contribution is 2.36. The van der Waals surface area contributed by atoms with Crippen LogP contribution in [0.25, 0.3) is 0 Å². The standard InChI is InChI=1S/C19H20N4O5/c24-18(11-1-3-14-15(5-11)22-9-21-14)20-7-13-8-23(19(25)28-13)12-2-4-16-17(6-12)27-10-26-16/h2,4,6,9,11,13H,1,3,5,7-8,10H2,(H,20,24)(H,21,22). The Labute approximate surface area is 161 Å². The highest BCUT2D eigenvalue weighted by molar-refractivity contribution is 5.90. The van der Waals surface area contributed by atoms with Crippen LogP contribution < -0.4 is 19.7 Å². The van der Waals surface area contributed by atoms with Gasteiger partial charge in [-0.1, -0.05) is 0 Å². The highest BCUT2D eigenvalue weighted by atomic mass is 16.7. The van der Waals surface area contributed by atoms with Gasteiger partial charge < -0.3 is 24.5 Å². The predicted octanol–water partition coefficient (Wildman–Crippen LogP) is 1.38. The van der Waals surface area contributed by atoms with Crippen molar-refractivity contribution in [3.63, 3.8) is 0 Å². The molecule has 2 aliphatic heterocycles. The van der Waals surface area contributed by atoms with E-state index in [4.69, 9.17) is 14.2 Å². The molecular weight excluding hydrogens is 364 g/mol. The number of carbonyl (C=O) groups is 2. The van der Waals surface area contributed by atoms with Gasteiger partial charge in [0.2, 0.25) is 12.7 Å². The zero-order valence-electron chi connectivity index (χ0n) is 15.1. The second kappa shape index (κ2) is 6.74. The third kappa shape index (κ3) is 3.02. The molecule has 2 atom stereocenters. The van der Waals surface area contributed by atoms with E-state index in [2.05, 4.69) is 15.3 Å². The molecule has 1 aliphatic carbocycles. The summed E-state index contributed by atoms with van der Waals surface area (Å²) in [6.45, 7) is 0.838. The van der Waals surface area contributed by atoms with Crippen molar-refractivity contribution in [1.82, 2.24) is 15.3 Å². The number of ether oxygens (including phenoxy) is 3. The molecule has 9 nitrogen and oxygen atoms in total. The summed E-state index contributed by atoms with van der Waals surface area (Å²) >= 11 is 0. The van der Waals surface area contributed by atoms with E-state index in [-0.39, 0.29) is 25.2 Å². The van der Waals surface area contributed by atoms with Crippen LogP contribution in [-0.4, -0.2) is 48.0 Å². The Morgan fingerprint density at radius 2 is 2.21 bits per heavy atom. The largest absolute Gasteiger partial charge is 0.454 e. The van der Waals surface area contributed by atoms with Gasteiger partial charge in [0.25, 0.3) is 0 Å². The Morgan fingerprint density at radius 1 is 1.32 bits per heavy atom. The minimum atomic E-state index is -0.433. The molecular formula is C19H20N4O5. The van der Waals surface area contributed by atoms with Crippen LogP contribution in [-0.2, 0) is 22.4 Å². The molecule has 0 radical (unpaired) electrons. The van der Waals surface area contributed by atoms with Crippen LogP contribution in [0.2, 0.25) is 0 Å². The van der Waals surface area contributed by atoms with Crippen molar-refractivity contribution in [1.29, 1.82) is 0 Å². The number of benzene rings is 1. The van der Waals surface area contributed by atoms with Crippen molar-refractivity contribution < 1.29 is 23.8 Å². The Bertz CT molecular complexity index is 927. The van der Waals surface area contributed by atoms with E-state index in [0.29, 0.717) is 30.2 Å². The minimum Gasteiger partial charge on any atom is -0.454 e. The van der Waals surface area contributed by atoms with E-state index in [9.17, 15) is 9.59 Å². The summed E-state index contributed by atoms with van der Waals surface area (Å²) in [5, 5.41) is 2.93. The van der Waals surface area contributed by atoms with Gasteiger partial charge in [-0.2, -0.15) is 0 Å². The first-order valence-electron chi connectivity index (χ1n) is 9.34. The summed E-state index contributed by atoms with van der Waals surface area (Å²) < 4.78 is 16.1. The van der Waals surface area contributed by atoms with E-state index in [0.717, 1.165) is 24.2 Å². The molecule has 1 fully saturated rings. The lowest BCUT2D eigenvalue weighted by atomic mass is 9.89. The van der Waals surface area contributed by atoms with Gasteiger partial charge in [0, 0.05) is 24.1 Å². The number of anilines is 1. The Hall–Kier alpha value is -3.23. The third-order valence-electron chi connectivity index (χ3n) is 5.40.